The van der Waals surface area contributed by atoms with Crippen LogP contribution >= 0.6 is 0 Å². The molecule has 9 unspecified atom stereocenters. The predicted molar refractivity (Wildman–Crippen MR) is 152 cm³/mol. The molecule has 1 aromatic rings. The summed E-state index contributed by atoms with van der Waals surface area (Å²) in [6, 6.07) is 2.23. The van der Waals surface area contributed by atoms with E-state index in [0.29, 0.717) is 13.0 Å². The van der Waals surface area contributed by atoms with Crippen molar-refractivity contribution in [2.75, 3.05) is 6.61 Å². The van der Waals surface area contributed by atoms with Crippen LogP contribution in [0.3, 0.4) is 0 Å². The second-order valence-corrected chi connectivity index (χ2v) is 14.0. The number of benzene rings is 1. The van der Waals surface area contributed by atoms with Crippen LogP contribution in [0, 0.1) is 35.0 Å². The average molecular weight is 529 g/mol. The number of rotatable bonds is 6. The maximum absolute atomic E-state index is 12.3. The van der Waals surface area contributed by atoms with E-state index in [1.165, 1.54) is 11.1 Å². The number of aliphatic hydroxyl groups excluding tert-OH is 4. The van der Waals surface area contributed by atoms with Crippen LogP contribution in [0.25, 0.3) is 0 Å². The van der Waals surface area contributed by atoms with Gasteiger partial charge in [0.1, 0.15) is 6.10 Å². The van der Waals surface area contributed by atoms with Crippen molar-refractivity contribution in [2.24, 2.45) is 28.1 Å². The summed E-state index contributed by atoms with van der Waals surface area (Å²) in [7, 11) is 0. The Kier molecular flexibility index (Phi) is 7.82. The molecule has 4 N–H and O–H groups in total. The highest BCUT2D eigenvalue weighted by atomic mass is 16.6. The van der Waals surface area contributed by atoms with E-state index in [0.717, 1.165) is 47.1 Å². The highest BCUT2D eigenvalue weighted by molar-refractivity contribution is 5.56. The number of hydrogen-bond acceptors (Lipinski definition) is 5. The first kappa shape index (κ1) is 29.7. The molecule has 5 nitrogen and oxygen atoms in total. The Labute approximate surface area is 230 Å². The first-order valence-electron chi connectivity index (χ1n) is 14.7. The summed E-state index contributed by atoms with van der Waals surface area (Å²) in [5.74, 6) is 0.277. The minimum absolute atomic E-state index is 0.161. The lowest BCUT2D eigenvalue weighted by molar-refractivity contribution is -0.170. The van der Waals surface area contributed by atoms with Gasteiger partial charge in [0.25, 0.3) is 0 Å². The van der Waals surface area contributed by atoms with Crippen molar-refractivity contribution in [1.29, 1.82) is 0 Å². The minimum Gasteiger partial charge on any atom is -0.393 e. The average Bonchev–Trinajstić information content (AvgIpc) is 2.77. The highest BCUT2D eigenvalue weighted by Gasteiger charge is 2.64. The first-order valence-corrected chi connectivity index (χ1v) is 14.7. The third-order valence-corrected chi connectivity index (χ3v) is 11.2. The molecule has 0 spiro atoms. The molecule has 0 radical (unpaired) electrons. The lowest BCUT2D eigenvalue weighted by Crippen LogP contribution is -2.63. The van der Waals surface area contributed by atoms with Crippen molar-refractivity contribution in [3.8, 4) is 0 Å². The molecule has 214 valence electrons. The fourth-order valence-corrected chi connectivity index (χ4v) is 9.37. The highest BCUT2D eigenvalue weighted by Crippen LogP contribution is 2.69. The van der Waals surface area contributed by atoms with Gasteiger partial charge in [-0.2, -0.15) is 0 Å². The van der Waals surface area contributed by atoms with Gasteiger partial charge in [-0.15, -0.1) is 0 Å². The van der Waals surface area contributed by atoms with Crippen LogP contribution < -0.4 is 0 Å². The summed E-state index contributed by atoms with van der Waals surface area (Å²) in [6.45, 7) is 21.7. The second kappa shape index (κ2) is 9.99. The summed E-state index contributed by atoms with van der Waals surface area (Å²) in [4.78, 5) is 0. The van der Waals surface area contributed by atoms with E-state index in [1.54, 1.807) is 6.92 Å². The molecule has 1 saturated carbocycles. The fraction of sp³-hybridized carbons (Fsp3) is 0.758. The van der Waals surface area contributed by atoms with E-state index in [2.05, 4.69) is 61.5 Å². The van der Waals surface area contributed by atoms with Gasteiger partial charge in [-0.3, -0.25) is 0 Å². The second-order valence-electron chi connectivity index (χ2n) is 14.0. The normalized spacial score (nSPS) is 38.5. The largest absolute Gasteiger partial charge is 0.393 e. The van der Waals surface area contributed by atoms with E-state index in [4.69, 9.17) is 4.74 Å². The van der Waals surface area contributed by atoms with Crippen LogP contribution in [0.15, 0.2) is 17.2 Å². The third kappa shape index (κ3) is 4.23. The van der Waals surface area contributed by atoms with Gasteiger partial charge in [0.2, 0.25) is 0 Å². The molecule has 38 heavy (non-hydrogen) atoms. The minimum atomic E-state index is -0.880. The number of ether oxygens (including phenoxy) is 1. The SMILES string of the molecule is CCOC(O)Cc1cc(C(C)C)c2c(c1C)C(O)C1=C(C)C3(C)C(O)C(C(C)O)C(C)CC3(C)CC1(C)C2. The molecule has 3 aliphatic rings. The Balaban J connectivity index is 1.94. The van der Waals surface area contributed by atoms with Gasteiger partial charge < -0.3 is 25.2 Å². The van der Waals surface area contributed by atoms with Crippen LogP contribution in [0.2, 0.25) is 0 Å². The van der Waals surface area contributed by atoms with Gasteiger partial charge in [-0.25, -0.2) is 0 Å². The lowest BCUT2D eigenvalue weighted by Gasteiger charge is -2.65. The van der Waals surface area contributed by atoms with Crippen molar-refractivity contribution in [3.63, 3.8) is 0 Å². The maximum atomic E-state index is 12.3. The molecule has 3 aliphatic carbocycles. The van der Waals surface area contributed by atoms with Crippen LogP contribution in [0.1, 0.15) is 115 Å². The zero-order valence-corrected chi connectivity index (χ0v) is 25.4. The molecule has 0 bridgehead atoms. The summed E-state index contributed by atoms with van der Waals surface area (Å²) in [6.07, 6.45) is 0.111. The molecule has 0 heterocycles. The van der Waals surface area contributed by atoms with Crippen molar-refractivity contribution < 1.29 is 25.2 Å². The van der Waals surface area contributed by atoms with Crippen LogP contribution in [-0.4, -0.2) is 45.5 Å². The molecule has 0 amide bonds. The molecular formula is C33H52O5. The molecule has 0 aliphatic heterocycles. The van der Waals surface area contributed by atoms with Crippen molar-refractivity contribution >= 4 is 0 Å². The number of aliphatic hydroxyl groups is 4. The smallest absolute Gasteiger partial charge is 0.158 e. The lowest BCUT2D eigenvalue weighted by atomic mass is 9.40. The maximum Gasteiger partial charge on any atom is 0.158 e. The summed E-state index contributed by atoms with van der Waals surface area (Å²) < 4.78 is 5.46. The molecule has 0 aromatic heterocycles. The zero-order chi connectivity index (χ0) is 28.5. The quantitative estimate of drug-likeness (QED) is 0.279. The van der Waals surface area contributed by atoms with E-state index < -0.39 is 30.0 Å². The molecule has 4 rings (SSSR count). The van der Waals surface area contributed by atoms with Crippen LogP contribution in [0.5, 0.6) is 0 Å². The van der Waals surface area contributed by atoms with Gasteiger partial charge in [-0.05, 0) is 103 Å². The molecule has 0 saturated heterocycles. The molecule has 9 atom stereocenters. The fourth-order valence-electron chi connectivity index (χ4n) is 9.37. The summed E-state index contributed by atoms with van der Waals surface area (Å²) >= 11 is 0. The molecule has 1 fully saturated rings. The Morgan fingerprint density at radius 1 is 1.08 bits per heavy atom. The van der Waals surface area contributed by atoms with Gasteiger partial charge >= 0.3 is 0 Å². The van der Waals surface area contributed by atoms with E-state index in [1.807, 2.05) is 6.92 Å². The Morgan fingerprint density at radius 2 is 1.71 bits per heavy atom. The molecule has 5 heteroatoms. The number of fused-ring (bicyclic) bond motifs is 3. The van der Waals surface area contributed by atoms with Gasteiger partial charge in [0.15, 0.2) is 6.29 Å². The third-order valence-electron chi connectivity index (χ3n) is 11.2. The Bertz CT molecular complexity index is 1110. The van der Waals surface area contributed by atoms with E-state index >= 15 is 0 Å². The molecular weight excluding hydrogens is 476 g/mol. The molecule has 1 aromatic carbocycles. The Morgan fingerprint density at radius 3 is 2.26 bits per heavy atom. The zero-order valence-electron chi connectivity index (χ0n) is 25.4. The van der Waals surface area contributed by atoms with Crippen molar-refractivity contribution in [1.82, 2.24) is 0 Å². The van der Waals surface area contributed by atoms with Crippen LogP contribution in [-0.2, 0) is 17.6 Å². The monoisotopic (exact) mass is 528 g/mol. The first-order chi connectivity index (χ1) is 17.5. The number of hydrogen-bond donors (Lipinski definition) is 4. The Hall–Kier alpha value is -1.24. The van der Waals surface area contributed by atoms with Crippen LogP contribution in [0.4, 0.5) is 0 Å². The van der Waals surface area contributed by atoms with Gasteiger partial charge in [-0.1, -0.05) is 53.2 Å². The standard InChI is InChI=1S/C33H52O5/c1-11-38-25(35)13-22-12-23(17(2)3)24-15-31(8)16-32(9)14-18(4)26(21(7)34)30(37)33(32,10)20(6)28(31)29(36)27(24)19(22)5/h12,17-18,21,25-26,29-30,34-37H,11,13-16H2,1-10H3. The summed E-state index contributed by atoms with van der Waals surface area (Å²) in [5.41, 5.74) is 6.69. The van der Waals surface area contributed by atoms with E-state index in [9.17, 15) is 20.4 Å². The van der Waals surface area contributed by atoms with Gasteiger partial charge in [0.05, 0.1) is 12.2 Å². The topological polar surface area (TPSA) is 90.2 Å². The van der Waals surface area contributed by atoms with Crippen molar-refractivity contribution in [3.05, 3.63) is 45.0 Å². The van der Waals surface area contributed by atoms with E-state index in [-0.39, 0.29) is 28.6 Å². The van der Waals surface area contributed by atoms with Gasteiger partial charge in [0, 0.05) is 24.4 Å². The summed E-state index contributed by atoms with van der Waals surface area (Å²) in [5, 5.41) is 45.3. The predicted octanol–water partition coefficient (Wildman–Crippen LogP) is 5.74. The van der Waals surface area contributed by atoms with Crippen molar-refractivity contribution in [2.45, 2.75) is 125 Å².